The molecule has 1 aromatic rings. The van der Waals surface area contributed by atoms with Gasteiger partial charge in [-0.15, -0.1) is 0 Å². The minimum Gasteiger partial charge on any atom is -0.494 e. The van der Waals surface area contributed by atoms with Crippen molar-refractivity contribution in [2.45, 2.75) is 19.3 Å². The van der Waals surface area contributed by atoms with Gasteiger partial charge in [0.1, 0.15) is 12.0 Å². The summed E-state index contributed by atoms with van der Waals surface area (Å²) in [4.78, 5) is 10.5. The standard InChI is InChI=1S/C12H14O2/c1-2-14-11-5-3-9(4-6-11)12-7-10(12)8-13/h3-6,8,10,12H,2,7H2,1H3/t10-,12-/m1/s1. The molecule has 1 aliphatic rings. The average Bonchev–Trinajstić information content (AvgIpc) is 2.99. The van der Waals surface area contributed by atoms with E-state index in [1.54, 1.807) is 0 Å². The molecule has 1 saturated carbocycles. The number of carbonyl (C=O) groups is 1. The molecule has 0 heterocycles. The van der Waals surface area contributed by atoms with Gasteiger partial charge in [0.15, 0.2) is 0 Å². The largest absolute Gasteiger partial charge is 0.494 e. The SMILES string of the molecule is CCOc1ccc([C@H]2C[C@@H]2C=O)cc1. The van der Waals surface area contributed by atoms with Crippen molar-refractivity contribution in [3.8, 4) is 5.75 Å². The molecule has 2 nitrogen and oxygen atoms in total. The Morgan fingerprint density at radius 2 is 2.14 bits per heavy atom. The van der Waals surface area contributed by atoms with E-state index < -0.39 is 0 Å². The van der Waals surface area contributed by atoms with E-state index >= 15 is 0 Å². The van der Waals surface area contributed by atoms with Gasteiger partial charge < -0.3 is 9.53 Å². The smallest absolute Gasteiger partial charge is 0.123 e. The molecular formula is C12H14O2. The van der Waals surface area contributed by atoms with Crippen LogP contribution in [0, 0.1) is 5.92 Å². The van der Waals surface area contributed by atoms with E-state index in [1.807, 2.05) is 19.1 Å². The van der Waals surface area contributed by atoms with Crippen LogP contribution in [0.2, 0.25) is 0 Å². The molecule has 74 valence electrons. The zero-order chi connectivity index (χ0) is 9.97. The number of hydrogen-bond acceptors (Lipinski definition) is 2. The van der Waals surface area contributed by atoms with E-state index in [0.717, 1.165) is 18.5 Å². The van der Waals surface area contributed by atoms with Gasteiger partial charge >= 0.3 is 0 Å². The van der Waals surface area contributed by atoms with Crippen LogP contribution in [0.4, 0.5) is 0 Å². The highest BCUT2D eigenvalue weighted by atomic mass is 16.5. The highest BCUT2D eigenvalue weighted by molar-refractivity contribution is 5.61. The molecule has 0 aromatic heterocycles. The Bertz CT molecular complexity index is 316. The third kappa shape index (κ3) is 1.79. The summed E-state index contributed by atoms with van der Waals surface area (Å²) in [5.41, 5.74) is 1.26. The predicted octanol–water partition coefficient (Wildman–Crippen LogP) is 2.39. The van der Waals surface area contributed by atoms with Gasteiger partial charge in [0.25, 0.3) is 0 Å². The van der Waals surface area contributed by atoms with Crippen LogP contribution in [-0.4, -0.2) is 12.9 Å². The molecule has 0 N–H and O–H groups in total. The second kappa shape index (κ2) is 3.82. The third-order valence-electron chi connectivity index (χ3n) is 2.63. The summed E-state index contributed by atoms with van der Waals surface area (Å²) in [6, 6.07) is 8.05. The summed E-state index contributed by atoms with van der Waals surface area (Å²) in [5, 5.41) is 0. The lowest BCUT2D eigenvalue weighted by Crippen LogP contribution is -1.91. The molecule has 2 atom stereocenters. The van der Waals surface area contributed by atoms with E-state index in [1.165, 1.54) is 5.56 Å². The molecule has 2 heteroatoms. The van der Waals surface area contributed by atoms with Crippen molar-refractivity contribution in [2.24, 2.45) is 5.92 Å². The van der Waals surface area contributed by atoms with Crippen LogP contribution in [0.25, 0.3) is 0 Å². The topological polar surface area (TPSA) is 26.3 Å². The van der Waals surface area contributed by atoms with Crippen LogP contribution in [-0.2, 0) is 4.79 Å². The normalized spacial score (nSPS) is 24.4. The van der Waals surface area contributed by atoms with Gasteiger partial charge in [-0.2, -0.15) is 0 Å². The molecule has 1 aliphatic carbocycles. The van der Waals surface area contributed by atoms with E-state index in [0.29, 0.717) is 12.5 Å². The Kier molecular flexibility index (Phi) is 2.53. The van der Waals surface area contributed by atoms with Crippen molar-refractivity contribution in [3.63, 3.8) is 0 Å². The van der Waals surface area contributed by atoms with Gasteiger partial charge in [-0.25, -0.2) is 0 Å². The number of hydrogen-bond donors (Lipinski definition) is 0. The highest BCUT2D eigenvalue weighted by Gasteiger charge is 2.37. The summed E-state index contributed by atoms with van der Waals surface area (Å²) in [6.07, 6.45) is 2.07. The predicted molar refractivity (Wildman–Crippen MR) is 54.5 cm³/mol. The van der Waals surface area contributed by atoms with Gasteiger partial charge in [-0.05, 0) is 37.0 Å². The molecular weight excluding hydrogens is 176 g/mol. The van der Waals surface area contributed by atoms with Crippen molar-refractivity contribution in [3.05, 3.63) is 29.8 Å². The molecule has 0 bridgehead atoms. The molecule has 0 radical (unpaired) electrons. The Hall–Kier alpha value is -1.31. The fourth-order valence-corrected chi connectivity index (χ4v) is 1.73. The van der Waals surface area contributed by atoms with Gasteiger partial charge in [0, 0.05) is 5.92 Å². The first-order chi connectivity index (χ1) is 6.85. The number of carbonyl (C=O) groups excluding carboxylic acids is 1. The summed E-state index contributed by atoms with van der Waals surface area (Å²) in [7, 11) is 0. The maximum atomic E-state index is 10.5. The van der Waals surface area contributed by atoms with E-state index in [2.05, 4.69) is 12.1 Å². The first-order valence-corrected chi connectivity index (χ1v) is 5.03. The molecule has 1 aromatic carbocycles. The fraction of sp³-hybridized carbons (Fsp3) is 0.417. The summed E-state index contributed by atoms with van der Waals surface area (Å²) < 4.78 is 5.34. The molecule has 0 amide bonds. The minimum absolute atomic E-state index is 0.257. The fourth-order valence-electron chi connectivity index (χ4n) is 1.73. The quantitative estimate of drug-likeness (QED) is 0.681. The second-order valence-electron chi connectivity index (χ2n) is 3.64. The molecule has 0 unspecified atom stereocenters. The van der Waals surface area contributed by atoms with Crippen LogP contribution in [0.5, 0.6) is 5.75 Å². The molecule has 14 heavy (non-hydrogen) atoms. The maximum Gasteiger partial charge on any atom is 0.123 e. The Balaban J connectivity index is 2.04. The van der Waals surface area contributed by atoms with Crippen molar-refractivity contribution in [1.29, 1.82) is 0 Å². The summed E-state index contributed by atoms with van der Waals surface area (Å²) >= 11 is 0. The van der Waals surface area contributed by atoms with Crippen LogP contribution in [0.1, 0.15) is 24.8 Å². The van der Waals surface area contributed by atoms with Crippen molar-refractivity contribution in [1.82, 2.24) is 0 Å². The van der Waals surface area contributed by atoms with Crippen molar-refractivity contribution < 1.29 is 9.53 Å². The Morgan fingerprint density at radius 1 is 1.43 bits per heavy atom. The second-order valence-corrected chi connectivity index (χ2v) is 3.64. The van der Waals surface area contributed by atoms with E-state index in [4.69, 9.17) is 4.74 Å². The monoisotopic (exact) mass is 190 g/mol. The van der Waals surface area contributed by atoms with Crippen LogP contribution < -0.4 is 4.74 Å². The zero-order valence-electron chi connectivity index (χ0n) is 8.27. The van der Waals surface area contributed by atoms with E-state index in [9.17, 15) is 4.79 Å². The molecule has 0 saturated heterocycles. The molecule has 0 aliphatic heterocycles. The van der Waals surface area contributed by atoms with Gasteiger partial charge in [0.05, 0.1) is 6.61 Å². The Morgan fingerprint density at radius 3 is 2.64 bits per heavy atom. The van der Waals surface area contributed by atoms with E-state index in [-0.39, 0.29) is 5.92 Å². The number of aldehydes is 1. The van der Waals surface area contributed by atoms with Gasteiger partial charge in [0.2, 0.25) is 0 Å². The molecule has 2 rings (SSSR count). The summed E-state index contributed by atoms with van der Waals surface area (Å²) in [5.74, 6) is 1.62. The van der Waals surface area contributed by atoms with Crippen molar-refractivity contribution >= 4 is 6.29 Å². The molecule has 1 fully saturated rings. The zero-order valence-corrected chi connectivity index (χ0v) is 8.27. The summed E-state index contributed by atoms with van der Waals surface area (Å²) in [6.45, 7) is 2.66. The highest BCUT2D eigenvalue weighted by Crippen LogP contribution is 2.46. The maximum absolute atomic E-state index is 10.5. The Labute approximate surface area is 83.9 Å². The molecule has 0 spiro atoms. The van der Waals surface area contributed by atoms with Crippen molar-refractivity contribution in [2.75, 3.05) is 6.61 Å². The van der Waals surface area contributed by atoms with Crippen LogP contribution in [0.15, 0.2) is 24.3 Å². The number of benzene rings is 1. The van der Waals surface area contributed by atoms with Crippen LogP contribution >= 0.6 is 0 Å². The first-order valence-electron chi connectivity index (χ1n) is 5.03. The lowest BCUT2D eigenvalue weighted by Gasteiger charge is -2.03. The van der Waals surface area contributed by atoms with Gasteiger partial charge in [-0.1, -0.05) is 12.1 Å². The first kappa shape index (κ1) is 9.25. The lowest BCUT2D eigenvalue weighted by atomic mass is 10.1. The number of rotatable bonds is 4. The number of ether oxygens (including phenoxy) is 1. The third-order valence-corrected chi connectivity index (χ3v) is 2.63. The lowest BCUT2D eigenvalue weighted by molar-refractivity contribution is -0.108. The van der Waals surface area contributed by atoms with Crippen LogP contribution in [0.3, 0.4) is 0 Å². The minimum atomic E-state index is 0.257. The van der Waals surface area contributed by atoms with Gasteiger partial charge in [-0.3, -0.25) is 0 Å². The average molecular weight is 190 g/mol.